The summed E-state index contributed by atoms with van der Waals surface area (Å²) in [7, 11) is 0. The largest absolute Gasteiger partial charge is 0.459 e. The summed E-state index contributed by atoms with van der Waals surface area (Å²) in [6.45, 7) is -1.67. The van der Waals surface area contributed by atoms with Gasteiger partial charge in [-0.05, 0) is 0 Å². The Morgan fingerprint density at radius 1 is 1.43 bits per heavy atom. The molecule has 0 spiro atoms. The highest BCUT2D eigenvalue weighted by Gasteiger charge is 2.53. The zero-order chi connectivity index (χ0) is 16.2. The zero-order valence-corrected chi connectivity index (χ0v) is 11.2. The summed E-state index contributed by atoms with van der Waals surface area (Å²) < 4.78 is 9.52. The molecule has 124 valence electrons. The second-order valence-electron chi connectivity index (χ2n) is 4.82. The van der Waals surface area contributed by atoms with Crippen LogP contribution in [0.25, 0.3) is 0 Å². The van der Waals surface area contributed by atoms with Crippen molar-refractivity contribution < 1.29 is 44.9 Å². The van der Waals surface area contributed by atoms with Gasteiger partial charge in [0.2, 0.25) is 0 Å². The predicted molar refractivity (Wildman–Crippen MR) is 65.6 cm³/mol. The molecule has 8 N–H and O–H groups in total. The summed E-state index contributed by atoms with van der Waals surface area (Å²) in [5.74, 6) is -3.84. The Morgan fingerprint density at radius 2 is 2.05 bits per heavy atom. The fourth-order valence-electron chi connectivity index (χ4n) is 2.00. The van der Waals surface area contributed by atoms with Crippen molar-refractivity contribution in [3.05, 3.63) is 0 Å². The van der Waals surface area contributed by atoms with Gasteiger partial charge in [0.25, 0.3) is 5.79 Å². The topological polar surface area (TPSA) is 183 Å². The molecule has 0 aromatic heterocycles. The molecule has 21 heavy (non-hydrogen) atoms. The lowest BCUT2D eigenvalue weighted by Crippen LogP contribution is -2.65. The first kappa shape index (κ1) is 18.2. The normalized spacial score (nSPS) is 36.0. The minimum absolute atomic E-state index is 0.390. The van der Waals surface area contributed by atoms with Crippen molar-refractivity contribution in [2.24, 2.45) is 5.73 Å². The molecule has 0 aromatic carbocycles. The number of aliphatic hydroxyl groups is 6. The number of aliphatic hydroxyl groups excluding tert-OH is 5. The van der Waals surface area contributed by atoms with E-state index in [1.807, 2.05) is 0 Å². The Kier molecular flexibility index (Phi) is 6.43. The van der Waals surface area contributed by atoms with Gasteiger partial charge < -0.3 is 45.8 Å². The van der Waals surface area contributed by atoms with Crippen LogP contribution in [0.15, 0.2) is 0 Å². The average Bonchev–Trinajstić information content (AvgIpc) is 2.46. The van der Waals surface area contributed by atoms with Gasteiger partial charge >= 0.3 is 5.97 Å². The van der Waals surface area contributed by atoms with Crippen molar-refractivity contribution in [3.63, 3.8) is 0 Å². The fraction of sp³-hybridized carbons (Fsp3) is 0.909. The van der Waals surface area contributed by atoms with Gasteiger partial charge in [0, 0.05) is 6.42 Å². The number of nitrogens with two attached hydrogens (primary N) is 1. The van der Waals surface area contributed by atoms with E-state index in [0.29, 0.717) is 0 Å². The Morgan fingerprint density at radius 3 is 2.57 bits per heavy atom. The molecule has 0 bridgehead atoms. The molecule has 0 saturated carbocycles. The summed E-state index contributed by atoms with van der Waals surface area (Å²) >= 11 is 0. The number of esters is 1. The Hall–Kier alpha value is -0.850. The smallest absolute Gasteiger partial charge is 0.366 e. The molecule has 6 atom stereocenters. The predicted octanol–water partition coefficient (Wildman–Crippen LogP) is -4.60. The van der Waals surface area contributed by atoms with Crippen LogP contribution in [0.2, 0.25) is 0 Å². The van der Waals surface area contributed by atoms with E-state index < -0.39 is 61.8 Å². The Bertz CT molecular complexity index is 355. The maximum absolute atomic E-state index is 11.7. The first-order chi connectivity index (χ1) is 9.76. The fourth-order valence-corrected chi connectivity index (χ4v) is 2.00. The summed E-state index contributed by atoms with van der Waals surface area (Å²) in [5.41, 5.74) is 5.61. The molecule has 1 aliphatic rings. The quantitative estimate of drug-likeness (QED) is 0.236. The highest BCUT2D eigenvalue weighted by atomic mass is 16.7. The van der Waals surface area contributed by atoms with E-state index in [4.69, 9.17) is 20.7 Å². The first-order valence-electron chi connectivity index (χ1n) is 6.35. The molecule has 0 aliphatic carbocycles. The summed E-state index contributed by atoms with van der Waals surface area (Å²) in [6, 6.07) is -1.20. The molecule has 1 rings (SSSR count). The summed E-state index contributed by atoms with van der Waals surface area (Å²) in [6.07, 6.45) is -6.91. The van der Waals surface area contributed by atoms with Crippen LogP contribution in [0.1, 0.15) is 6.42 Å². The van der Waals surface area contributed by atoms with Crippen LogP contribution < -0.4 is 5.73 Å². The lowest BCUT2D eigenvalue weighted by atomic mass is 9.89. The number of rotatable bonds is 6. The second kappa shape index (κ2) is 7.42. The molecule has 0 aromatic rings. The third kappa shape index (κ3) is 4.08. The van der Waals surface area contributed by atoms with Crippen molar-refractivity contribution in [1.29, 1.82) is 0 Å². The molecule has 0 amide bonds. The SMILES string of the molecule is N[C@H]1[C@H]([C@H](O)[C@H](O)CO)O[C@](O)(C(=O)OCCO)C[C@@H]1O. The number of carbonyl (C=O) groups is 1. The van der Waals surface area contributed by atoms with Gasteiger partial charge in [0.1, 0.15) is 24.9 Å². The van der Waals surface area contributed by atoms with Gasteiger partial charge in [-0.1, -0.05) is 0 Å². The first-order valence-corrected chi connectivity index (χ1v) is 6.35. The molecule has 10 nitrogen and oxygen atoms in total. The van der Waals surface area contributed by atoms with E-state index in [1.165, 1.54) is 0 Å². The van der Waals surface area contributed by atoms with Crippen molar-refractivity contribution >= 4 is 5.97 Å². The standard InChI is InChI=1S/C11H21NO9/c12-7-5(15)3-11(19,10(18)20-2-1-13)21-9(7)8(17)6(16)4-14/h5-9,13-17,19H,1-4,12H2/t5-,6+,7+,8+,9+,11-/m0/s1. The van der Waals surface area contributed by atoms with Crippen LogP contribution in [0, 0.1) is 0 Å². The molecule has 1 aliphatic heterocycles. The number of hydrogen-bond acceptors (Lipinski definition) is 10. The lowest BCUT2D eigenvalue weighted by molar-refractivity contribution is -0.295. The molecule has 1 saturated heterocycles. The minimum Gasteiger partial charge on any atom is -0.459 e. The monoisotopic (exact) mass is 311 g/mol. The number of carbonyl (C=O) groups excluding carboxylic acids is 1. The van der Waals surface area contributed by atoms with Gasteiger partial charge in [-0.3, -0.25) is 0 Å². The maximum Gasteiger partial charge on any atom is 0.366 e. The Labute approximate surface area is 120 Å². The number of hydrogen-bond donors (Lipinski definition) is 7. The van der Waals surface area contributed by atoms with Crippen molar-refractivity contribution in [1.82, 2.24) is 0 Å². The van der Waals surface area contributed by atoms with Gasteiger partial charge in [-0.25, -0.2) is 4.79 Å². The molecule has 10 heteroatoms. The van der Waals surface area contributed by atoms with E-state index in [-0.39, 0.29) is 6.61 Å². The summed E-state index contributed by atoms with van der Waals surface area (Å²) in [4.78, 5) is 11.7. The van der Waals surface area contributed by atoms with Gasteiger partial charge in [-0.2, -0.15) is 0 Å². The van der Waals surface area contributed by atoms with Crippen molar-refractivity contribution in [2.45, 2.75) is 42.7 Å². The lowest BCUT2D eigenvalue weighted by Gasteiger charge is -2.43. The van der Waals surface area contributed by atoms with Gasteiger partial charge in [0.05, 0.1) is 25.4 Å². The molecule has 1 heterocycles. The van der Waals surface area contributed by atoms with E-state index in [9.17, 15) is 25.2 Å². The van der Waals surface area contributed by atoms with Crippen LogP contribution >= 0.6 is 0 Å². The third-order valence-corrected chi connectivity index (χ3v) is 3.20. The third-order valence-electron chi connectivity index (χ3n) is 3.20. The maximum atomic E-state index is 11.7. The van der Waals surface area contributed by atoms with Crippen LogP contribution in [-0.2, 0) is 14.3 Å². The minimum atomic E-state index is -2.58. The second-order valence-corrected chi connectivity index (χ2v) is 4.82. The molecule has 0 radical (unpaired) electrons. The van der Waals surface area contributed by atoms with Crippen molar-refractivity contribution in [3.8, 4) is 0 Å². The molecular formula is C11H21NO9. The van der Waals surface area contributed by atoms with Gasteiger partial charge in [-0.15, -0.1) is 0 Å². The Balaban J connectivity index is 2.88. The van der Waals surface area contributed by atoms with E-state index >= 15 is 0 Å². The van der Waals surface area contributed by atoms with Crippen LogP contribution in [-0.4, -0.2) is 92.7 Å². The van der Waals surface area contributed by atoms with E-state index in [0.717, 1.165) is 0 Å². The van der Waals surface area contributed by atoms with Crippen LogP contribution in [0.5, 0.6) is 0 Å². The summed E-state index contributed by atoms with van der Waals surface area (Å²) in [5, 5.41) is 56.4. The van der Waals surface area contributed by atoms with Crippen LogP contribution in [0.4, 0.5) is 0 Å². The zero-order valence-electron chi connectivity index (χ0n) is 11.2. The van der Waals surface area contributed by atoms with E-state index in [1.54, 1.807) is 0 Å². The van der Waals surface area contributed by atoms with Gasteiger partial charge in [0.15, 0.2) is 0 Å². The van der Waals surface area contributed by atoms with Crippen molar-refractivity contribution in [2.75, 3.05) is 19.8 Å². The molecule has 0 unspecified atom stereocenters. The molecular weight excluding hydrogens is 290 g/mol. The average molecular weight is 311 g/mol. The number of ether oxygens (including phenoxy) is 2. The molecule has 1 fully saturated rings. The highest BCUT2D eigenvalue weighted by Crippen LogP contribution is 2.30. The van der Waals surface area contributed by atoms with E-state index in [2.05, 4.69) is 4.74 Å². The van der Waals surface area contributed by atoms with Crippen LogP contribution in [0.3, 0.4) is 0 Å². The highest BCUT2D eigenvalue weighted by molar-refractivity contribution is 5.77.